The molecule has 0 aromatic carbocycles. The minimum Gasteiger partial charge on any atom is -0.271 e. The van der Waals surface area contributed by atoms with Gasteiger partial charge in [-0.3, -0.25) is 16.3 Å². The SMILES string of the molecule is CCCC(C)CC(CCc1cccnc1)NN. The highest BCUT2D eigenvalue weighted by Crippen LogP contribution is 2.15. The van der Waals surface area contributed by atoms with Crippen LogP contribution < -0.4 is 11.3 Å². The van der Waals surface area contributed by atoms with Crippen molar-refractivity contribution in [1.29, 1.82) is 0 Å². The van der Waals surface area contributed by atoms with Crippen LogP contribution in [0.2, 0.25) is 0 Å². The fourth-order valence-corrected chi connectivity index (χ4v) is 2.25. The van der Waals surface area contributed by atoms with E-state index >= 15 is 0 Å². The average Bonchev–Trinajstić information content (AvgIpc) is 2.36. The molecule has 0 amide bonds. The minimum atomic E-state index is 0.414. The molecule has 0 bridgehead atoms. The third kappa shape index (κ3) is 5.80. The van der Waals surface area contributed by atoms with Gasteiger partial charge >= 0.3 is 0 Å². The molecule has 0 radical (unpaired) electrons. The van der Waals surface area contributed by atoms with Gasteiger partial charge in [0.05, 0.1) is 0 Å². The Kier molecular flexibility index (Phi) is 6.82. The Morgan fingerprint density at radius 2 is 2.24 bits per heavy atom. The molecule has 3 N–H and O–H groups in total. The van der Waals surface area contributed by atoms with Crippen molar-refractivity contribution in [3.8, 4) is 0 Å². The van der Waals surface area contributed by atoms with Gasteiger partial charge in [-0.2, -0.15) is 0 Å². The average molecular weight is 235 g/mol. The van der Waals surface area contributed by atoms with E-state index in [1.807, 2.05) is 18.5 Å². The number of nitrogens with two attached hydrogens (primary N) is 1. The highest BCUT2D eigenvalue weighted by Gasteiger charge is 2.11. The molecule has 3 nitrogen and oxygen atoms in total. The first-order valence-electron chi connectivity index (χ1n) is 6.61. The van der Waals surface area contributed by atoms with Crippen molar-refractivity contribution in [3.05, 3.63) is 30.1 Å². The van der Waals surface area contributed by atoms with Crippen LogP contribution in [0.3, 0.4) is 0 Å². The normalized spacial score (nSPS) is 14.5. The quantitative estimate of drug-likeness (QED) is 0.538. The molecule has 1 aromatic rings. The van der Waals surface area contributed by atoms with Crippen LogP contribution in [0.4, 0.5) is 0 Å². The molecule has 1 aromatic heterocycles. The summed E-state index contributed by atoms with van der Waals surface area (Å²) in [5, 5.41) is 0. The maximum Gasteiger partial charge on any atom is 0.0299 e. The number of aryl methyl sites for hydroxylation is 1. The van der Waals surface area contributed by atoms with Gasteiger partial charge in [0.2, 0.25) is 0 Å². The predicted octanol–water partition coefficient (Wildman–Crippen LogP) is 2.67. The van der Waals surface area contributed by atoms with Crippen LogP contribution in [0.5, 0.6) is 0 Å². The lowest BCUT2D eigenvalue weighted by atomic mass is 9.94. The van der Waals surface area contributed by atoms with Gasteiger partial charge in [-0.05, 0) is 36.8 Å². The smallest absolute Gasteiger partial charge is 0.0299 e. The Hall–Kier alpha value is -0.930. The maximum absolute atomic E-state index is 5.62. The molecular weight excluding hydrogens is 210 g/mol. The summed E-state index contributed by atoms with van der Waals surface area (Å²) in [6, 6.07) is 4.52. The first kappa shape index (κ1) is 14.1. The molecule has 0 saturated carbocycles. The summed E-state index contributed by atoms with van der Waals surface area (Å²) in [5.41, 5.74) is 4.23. The maximum atomic E-state index is 5.62. The van der Waals surface area contributed by atoms with Crippen molar-refractivity contribution in [3.63, 3.8) is 0 Å². The molecule has 1 rings (SSSR count). The molecular formula is C14H25N3. The van der Waals surface area contributed by atoms with Crippen molar-refractivity contribution >= 4 is 0 Å². The molecule has 2 atom stereocenters. The summed E-state index contributed by atoms with van der Waals surface area (Å²) < 4.78 is 0. The van der Waals surface area contributed by atoms with Crippen LogP contribution >= 0.6 is 0 Å². The standard InChI is InChI=1S/C14H25N3/c1-3-5-12(2)10-14(17-15)8-7-13-6-4-9-16-11-13/h4,6,9,11-12,14,17H,3,5,7-8,10,15H2,1-2H3. The number of hydrogen-bond donors (Lipinski definition) is 2. The van der Waals surface area contributed by atoms with Gasteiger partial charge in [0.15, 0.2) is 0 Å². The van der Waals surface area contributed by atoms with Crippen molar-refractivity contribution in [2.45, 2.75) is 52.0 Å². The van der Waals surface area contributed by atoms with Gasteiger partial charge in [-0.25, -0.2) is 0 Å². The number of aromatic nitrogens is 1. The van der Waals surface area contributed by atoms with Crippen LogP contribution in [0.25, 0.3) is 0 Å². The molecule has 0 fully saturated rings. The summed E-state index contributed by atoms with van der Waals surface area (Å²) in [6.07, 6.45) is 9.56. The third-order valence-electron chi connectivity index (χ3n) is 3.21. The van der Waals surface area contributed by atoms with Gasteiger partial charge in [-0.1, -0.05) is 32.8 Å². The molecule has 0 saturated heterocycles. The molecule has 96 valence electrons. The lowest BCUT2D eigenvalue weighted by Gasteiger charge is -2.19. The zero-order valence-electron chi connectivity index (χ0n) is 11.0. The first-order valence-corrected chi connectivity index (χ1v) is 6.61. The molecule has 2 unspecified atom stereocenters. The Morgan fingerprint density at radius 3 is 2.82 bits per heavy atom. The highest BCUT2D eigenvalue weighted by atomic mass is 15.2. The lowest BCUT2D eigenvalue weighted by Crippen LogP contribution is -2.36. The van der Waals surface area contributed by atoms with Crippen LogP contribution in [-0.2, 0) is 6.42 Å². The number of hydrogen-bond acceptors (Lipinski definition) is 3. The fraction of sp³-hybridized carbons (Fsp3) is 0.643. The summed E-state index contributed by atoms with van der Waals surface area (Å²) >= 11 is 0. The molecule has 0 spiro atoms. The minimum absolute atomic E-state index is 0.414. The summed E-state index contributed by atoms with van der Waals surface area (Å²) in [7, 11) is 0. The molecule has 0 aliphatic carbocycles. The zero-order valence-corrected chi connectivity index (χ0v) is 11.0. The summed E-state index contributed by atoms with van der Waals surface area (Å²) in [5.74, 6) is 6.36. The van der Waals surface area contributed by atoms with Crippen LogP contribution in [0.15, 0.2) is 24.5 Å². The summed E-state index contributed by atoms with van der Waals surface area (Å²) in [4.78, 5) is 4.13. The Bertz CT molecular complexity index is 287. The first-order chi connectivity index (χ1) is 8.26. The van der Waals surface area contributed by atoms with E-state index in [-0.39, 0.29) is 0 Å². The van der Waals surface area contributed by atoms with Gasteiger partial charge in [0.1, 0.15) is 0 Å². The van der Waals surface area contributed by atoms with E-state index in [0.29, 0.717) is 6.04 Å². The van der Waals surface area contributed by atoms with Gasteiger partial charge < -0.3 is 0 Å². The van der Waals surface area contributed by atoms with Crippen LogP contribution in [0, 0.1) is 5.92 Å². The molecule has 1 heterocycles. The van der Waals surface area contributed by atoms with E-state index in [9.17, 15) is 0 Å². The van der Waals surface area contributed by atoms with Crippen molar-refractivity contribution < 1.29 is 0 Å². The van der Waals surface area contributed by atoms with Crippen LogP contribution in [0.1, 0.15) is 45.1 Å². The topological polar surface area (TPSA) is 50.9 Å². The number of rotatable bonds is 8. The lowest BCUT2D eigenvalue weighted by molar-refractivity contribution is 0.371. The van der Waals surface area contributed by atoms with Crippen LogP contribution in [-0.4, -0.2) is 11.0 Å². The zero-order chi connectivity index (χ0) is 12.5. The Morgan fingerprint density at radius 1 is 1.41 bits per heavy atom. The Labute approximate surface area is 105 Å². The van der Waals surface area contributed by atoms with E-state index in [0.717, 1.165) is 25.2 Å². The largest absolute Gasteiger partial charge is 0.271 e. The monoisotopic (exact) mass is 235 g/mol. The second kappa shape index (κ2) is 8.20. The summed E-state index contributed by atoms with van der Waals surface area (Å²) in [6.45, 7) is 4.54. The highest BCUT2D eigenvalue weighted by molar-refractivity contribution is 5.08. The van der Waals surface area contributed by atoms with E-state index in [1.54, 1.807) is 0 Å². The number of nitrogens with zero attached hydrogens (tertiary/aromatic N) is 1. The van der Waals surface area contributed by atoms with Gasteiger partial charge in [0, 0.05) is 18.4 Å². The number of pyridine rings is 1. The van der Waals surface area contributed by atoms with Gasteiger partial charge in [-0.15, -0.1) is 0 Å². The number of hydrazine groups is 1. The molecule has 17 heavy (non-hydrogen) atoms. The predicted molar refractivity (Wildman–Crippen MR) is 72.4 cm³/mol. The molecule has 0 aliphatic rings. The van der Waals surface area contributed by atoms with Crippen molar-refractivity contribution in [2.24, 2.45) is 11.8 Å². The van der Waals surface area contributed by atoms with E-state index < -0.39 is 0 Å². The van der Waals surface area contributed by atoms with E-state index in [4.69, 9.17) is 5.84 Å². The van der Waals surface area contributed by atoms with Crippen molar-refractivity contribution in [1.82, 2.24) is 10.4 Å². The number of nitrogens with one attached hydrogen (secondary N) is 1. The van der Waals surface area contributed by atoms with Gasteiger partial charge in [0.25, 0.3) is 0 Å². The second-order valence-electron chi connectivity index (χ2n) is 4.89. The fourth-order valence-electron chi connectivity index (χ4n) is 2.25. The van der Waals surface area contributed by atoms with E-state index in [1.165, 1.54) is 18.4 Å². The van der Waals surface area contributed by atoms with Crippen molar-refractivity contribution in [2.75, 3.05) is 0 Å². The molecule has 0 aliphatic heterocycles. The molecule has 3 heteroatoms. The van der Waals surface area contributed by atoms with E-state index in [2.05, 4.69) is 30.3 Å². The second-order valence-corrected chi connectivity index (χ2v) is 4.89. The third-order valence-corrected chi connectivity index (χ3v) is 3.21. The Balaban J connectivity index is 2.32.